The van der Waals surface area contributed by atoms with Crippen LogP contribution in [0.5, 0.6) is 0 Å². The summed E-state index contributed by atoms with van der Waals surface area (Å²) in [5.74, 6) is -0.925. The lowest BCUT2D eigenvalue weighted by Gasteiger charge is -2.30. The molecule has 1 aliphatic heterocycles. The highest BCUT2D eigenvalue weighted by Crippen LogP contribution is 2.21. The lowest BCUT2D eigenvalue weighted by molar-refractivity contribution is -0.115. The van der Waals surface area contributed by atoms with Gasteiger partial charge in [0.05, 0.1) is 18.2 Å². The quantitative estimate of drug-likeness (QED) is 0.773. The minimum atomic E-state index is -0.581. The number of nitrogens with one attached hydrogen (secondary N) is 2. The number of amides is 3. The zero-order valence-electron chi connectivity index (χ0n) is 14.8. The molecule has 1 aliphatic rings. The van der Waals surface area contributed by atoms with Crippen molar-refractivity contribution in [1.29, 1.82) is 0 Å². The Kier molecular flexibility index (Phi) is 6.03. The molecule has 1 saturated heterocycles. The van der Waals surface area contributed by atoms with Crippen LogP contribution in [-0.2, 0) is 11.2 Å². The molecule has 142 valence electrons. The molecule has 0 radical (unpaired) electrons. The van der Waals surface area contributed by atoms with Gasteiger partial charge in [0.15, 0.2) is 0 Å². The highest BCUT2D eigenvalue weighted by molar-refractivity contribution is 5.94. The molecule has 1 atom stereocenters. The number of halogens is 1. The van der Waals surface area contributed by atoms with Gasteiger partial charge in [0.1, 0.15) is 5.82 Å². The summed E-state index contributed by atoms with van der Waals surface area (Å²) in [6, 6.07) is 12.8. The highest BCUT2D eigenvalue weighted by atomic mass is 19.1. The van der Waals surface area contributed by atoms with E-state index in [0.29, 0.717) is 18.7 Å². The normalized spacial score (nSPS) is 16.7. The van der Waals surface area contributed by atoms with Crippen LogP contribution in [-0.4, -0.2) is 41.1 Å². The predicted octanol–water partition coefficient (Wildman–Crippen LogP) is 3.00. The molecule has 3 N–H and O–H groups in total. The second-order valence-corrected chi connectivity index (χ2v) is 6.58. The van der Waals surface area contributed by atoms with Crippen molar-refractivity contribution < 1.29 is 19.1 Å². The molecule has 3 rings (SSSR count). The van der Waals surface area contributed by atoms with Crippen LogP contribution in [0.2, 0.25) is 0 Å². The lowest BCUT2D eigenvalue weighted by atomic mass is 10.1. The molecule has 1 heterocycles. The molecule has 27 heavy (non-hydrogen) atoms. The van der Waals surface area contributed by atoms with E-state index in [1.807, 2.05) is 30.3 Å². The van der Waals surface area contributed by atoms with E-state index >= 15 is 0 Å². The Labute approximate surface area is 157 Å². The first-order valence-corrected chi connectivity index (χ1v) is 8.88. The average molecular weight is 371 g/mol. The number of likely N-dealkylation sites (tertiary alicyclic amines) is 1. The molecular weight excluding hydrogens is 349 g/mol. The third-order valence-electron chi connectivity index (χ3n) is 4.38. The Morgan fingerprint density at radius 1 is 1.15 bits per heavy atom. The van der Waals surface area contributed by atoms with Gasteiger partial charge in [-0.25, -0.2) is 9.18 Å². The van der Waals surface area contributed by atoms with Crippen molar-refractivity contribution in [2.24, 2.45) is 0 Å². The number of β-amino-alcohol motifs (C(OH)–C–C–N with tert-alkyl or cyclic N) is 1. The Morgan fingerprint density at radius 2 is 1.93 bits per heavy atom. The number of nitrogens with zero attached hydrogens (tertiary/aromatic N) is 1. The summed E-state index contributed by atoms with van der Waals surface area (Å²) in [6.07, 6.45) is 1.02. The summed E-state index contributed by atoms with van der Waals surface area (Å²) in [4.78, 5) is 26.0. The second-order valence-electron chi connectivity index (χ2n) is 6.58. The zero-order valence-corrected chi connectivity index (χ0v) is 14.8. The SMILES string of the molecule is O=C(Cc1ccccc1)Nc1cc(NC(=O)N2CCC[C@@H](O)C2)ccc1F. The smallest absolute Gasteiger partial charge is 0.321 e. The number of urea groups is 1. The molecule has 7 heteroatoms. The van der Waals surface area contributed by atoms with Gasteiger partial charge < -0.3 is 20.6 Å². The molecular formula is C20H22FN3O3. The Morgan fingerprint density at radius 3 is 2.67 bits per heavy atom. The third-order valence-corrected chi connectivity index (χ3v) is 4.38. The number of carbonyl (C=O) groups excluding carboxylic acids is 2. The van der Waals surface area contributed by atoms with E-state index in [1.165, 1.54) is 23.1 Å². The van der Waals surface area contributed by atoms with Crippen LogP contribution in [0.3, 0.4) is 0 Å². The van der Waals surface area contributed by atoms with Crippen LogP contribution in [0.1, 0.15) is 18.4 Å². The summed E-state index contributed by atoms with van der Waals surface area (Å²) in [5.41, 5.74) is 1.20. The number of aliphatic hydroxyl groups excluding tert-OH is 1. The molecule has 6 nitrogen and oxygen atoms in total. The summed E-state index contributed by atoms with van der Waals surface area (Å²) >= 11 is 0. The van der Waals surface area contributed by atoms with Crippen LogP contribution < -0.4 is 10.6 Å². The molecule has 0 bridgehead atoms. The Bertz CT molecular complexity index is 813. The van der Waals surface area contributed by atoms with E-state index < -0.39 is 11.9 Å². The van der Waals surface area contributed by atoms with Gasteiger partial charge in [0.25, 0.3) is 0 Å². The molecule has 2 aromatic carbocycles. The summed E-state index contributed by atoms with van der Waals surface area (Å²) < 4.78 is 14.0. The molecule has 1 fully saturated rings. The third kappa shape index (κ3) is 5.27. The van der Waals surface area contributed by atoms with E-state index in [2.05, 4.69) is 10.6 Å². The first-order valence-electron chi connectivity index (χ1n) is 8.88. The van der Waals surface area contributed by atoms with Gasteiger partial charge in [-0.15, -0.1) is 0 Å². The number of carbonyl (C=O) groups is 2. The number of benzene rings is 2. The van der Waals surface area contributed by atoms with Crippen molar-refractivity contribution in [3.8, 4) is 0 Å². The lowest BCUT2D eigenvalue weighted by Crippen LogP contribution is -2.44. The van der Waals surface area contributed by atoms with Crippen molar-refractivity contribution in [2.45, 2.75) is 25.4 Å². The molecule has 2 aromatic rings. The molecule has 0 aliphatic carbocycles. The molecule has 0 spiro atoms. The van der Waals surface area contributed by atoms with Crippen LogP contribution in [0.4, 0.5) is 20.6 Å². The number of rotatable bonds is 4. The number of piperidine rings is 1. The van der Waals surface area contributed by atoms with Crippen molar-refractivity contribution in [3.05, 3.63) is 59.9 Å². The fourth-order valence-corrected chi connectivity index (χ4v) is 3.02. The predicted molar refractivity (Wildman–Crippen MR) is 101 cm³/mol. The highest BCUT2D eigenvalue weighted by Gasteiger charge is 2.22. The van der Waals surface area contributed by atoms with E-state index in [-0.39, 0.29) is 30.6 Å². The van der Waals surface area contributed by atoms with E-state index in [4.69, 9.17) is 0 Å². The minimum absolute atomic E-state index is 0.00686. The fraction of sp³-hybridized carbons (Fsp3) is 0.300. The van der Waals surface area contributed by atoms with Gasteiger partial charge in [-0.1, -0.05) is 30.3 Å². The van der Waals surface area contributed by atoms with Gasteiger partial charge >= 0.3 is 6.03 Å². The maximum absolute atomic E-state index is 14.0. The maximum Gasteiger partial charge on any atom is 0.321 e. The first kappa shape index (κ1) is 18.8. The van der Waals surface area contributed by atoms with E-state index in [9.17, 15) is 19.1 Å². The van der Waals surface area contributed by atoms with E-state index in [0.717, 1.165) is 12.0 Å². The fourth-order valence-electron chi connectivity index (χ4n) is 3.02. The summed E-state index contributed by atoms with van der Waals surface area (Å²) in [6.45, 7) is 0.832. The van der Waals surface area contributed by atoms with Crippen molar-refractivity contribution in [3.63, 3.8) is 0 Å². The second kappa shape index (κ2) is 8.64. The van der Waals surface area contributed by atoms with Gasteiger partial charge in [-0.05, 0) is 36.6 Å². The summed E-state index contributed by atoms with van der Waals surface area (Å²) in [5, 5.41) is 14.9. The number of hydrogen-bond acceptors (Lipinski definition) is 3. The van der Waals surface area contributed by atoms with Gasteiger partial charge in [-0.3, -0.25) is 4.79 Å². The Hall–Kier alpha value is -2.93. The molecule has 3 amide bonds. The molecule has 0 saturated carbocycles. The van der Waals surface area contributed by atoms with Crippen LogP contribution in [0, 0.1) is 5.82 Å². The van der Waals surface area contributed by atoms with Gasteiger partial charge in [-0.2, -0.15) is 0 Å². The average Bonchev–Trinajstić information content (AvgIpc) is 2.65. The Balaban J connectivity index is 1.63. The van der Waals surface area contributed by atoms with Crippen molar-refractivity contribution >= 4 is 23.3 Å². The van der Waals surface area contributed by atoms with Crippen molar-refractivity contribution in [2.75, 3.05) is 23.7 Å². The maximum atomic E-state index is 14.0. The molecule has 0 unspecified atom stereocenters. The standard InChI is InChI=1S/C20H22FN3O3/c21-17-9-8-15(22-20(27)24-10-4-7-16(25)13-24)12-18(17)23-19(26)11-14-5-2-1-3-6-14/h1-3,5-6,8-9,12,16,25H,4,7,10-11,13H2,(H,22,27)(H,23,26)/t16-/m1/s1. The number of hydrogen-bond donors (Lipinski definition) is 3. The van der Waals surface area contributed by atoms with Crippen LogP contribution in [0.25, 0.3) is 0 Å². The van der Waals surface area contributed by atoms with Crippen molar-refractivity contribution in [1.82, 2.24) is 4.90 Å². The first-order chi connectivity index (χ1) is 13.0. The largest absolute Gasteiger partial charge is 0.391 e. The topological polar surface area (TPSA) is 81.7 Å². The zero-order chi connectivity index (χ0) is 19.2. The van der Waals surface area contributed by atoms with Crippen LogP contribution >= 0.6 is 0 Å². The van der Waals surface area contributed by atoms with Gasteiger partial charge in [0.2, 0.25) is 5.91 Å². The minimum Gasteiger partial charge on any atom is -0.391 e. The van der Waals surface area contributed by atoms with Crippen LogP contribution in [0.15, 0.2) is 48.5 Å². The molecule has 0 aromatic heterocycles. The van der Waals surface area contributed by atoms with E-state index in [1.54, 1.807) is 0 Å². The van der Waals surface area contributed by atoms with Gasteiger partial charge in [0, 0.05) is 18.8 Å². The summed E-state index contributed by atoms with van der Waals surface area (Å²) in [7, 11) is 0. The number of aliphatic hydroxyl groups is 1. The number of anilines is 2. The monoisotopic (exact) mass is 371 g/mol.